The second-order valence-electron chi connectivity index (χ2n) is 1.83. The first kappa shape index (κ1) is 7.64. The molecule has 5 heteroatoms. The minimum absolute atomic E-state index is 0.194. The van der Waals surface area contributed by atoms with Crippen LogP contribution in [0.2, 0.25) is 0 Å². The summed E-state index contributed by atoms with van der Waals surface area (Å²) in [7, 11) is 0. The number of nitrogen functional groups attached to an aromatic ring is 1. The van der Waals surface area contributed by atoms with E-state index < -0.39 is 0 Å². The molecule has 0 aliphatic carbocycles. The largest absolute Gasteiger partial charge is 0.384 e. The van der Waals surface area contributed by atoms with E-state index >= 15 is 0 Å². The number of nitrogens with two attached hydrogens (primary N) is 1. The van der Waals surface area contributed by atoms with E-state index in [1.54, 1.807) is 0 Å². The van der Waals surface area contributed by atoms with E-state index in [1.165, 1.54) is 0 Å². The van der Waals surface area contributed by atoms with Gasteiger partial charge in [0.25, 0.3) is 0 Å². The Hall–Kier alpha value is -1.46. The molecule has 0 unspecified atom stereocenters. The highest BCUT2D eigenvalue weighted by molar-refractivity contribution is 9.10. The molecule has 0 fully saturated rings. The maximum absolute atomic E-state index is 8.54. The van der Waals surface area contributed by atoms with Crippen LogP contribution in [-0.2, 0) is 0 Å². The molecule has 0 aliphatic rings. The van der Waals surface area contributed by atoms with Crippen molar-refractivity contribution in [1.29, 1.82) is 10.5 Å². The van der Waals surface area contributed by atoms with Crippen LogP contribution in [0.3, 0.4) is 0 Å². The Morgan fingerprint density at radius 1 is 1.27 bits per heavy atom. The fraction of sp³-hybridized carbons (Fsp3) is 0. The summed E-state index contributed by atoms with van der Waals surface area (Å²) in [4.78, 5) is 2.63. The van der Waals surface area contributed by atoms with E-state index in [9.17, 15) is 0 Å². The Morgan fingerprint density at radius 3 is 2.18 bits per heavy atom. The van der Waals surface area contributed by atoms with E-state index in [0.29, 0.717) is 4.60 Å². The van der Waals surface area contributed by atoms with Gasteiger partial charge in [-0.05, 0) is 15.9 Å². The summed E-state index contributed by atoms with van der Waals surface area (Å²) in [5, 5.41) is 17.1. The van der Waals surface area contributed by atoms with Crippen LogP contribution < -0.4 is 5.73 Å². The molecular weight excluding hydrogens is 208 g/mol. The van der Waals surface area contributed by atoms with Crippen LogP contribution in [0.25, 0.3) is 0 Å². The molecular formula is C6H3BrN4. The molecule has 0 saturated heterocycles. The minimum Gasteiger partial charge on any atom is -0.384 e. The number of anilines is 1. The number of hydrogen-bond donors (Lipinski definition) is 2. The van der Waals surface area contributed by atoms with Gasteiger partial charge >= 0.3 is 0 Å². The smallest absolute Gasteiger partial charge is 0.121 e. The zero-order valence-corrected chi connectivity index (χ0v) is 6.94. The van der Waals surface area contributed by atoms with Gasteiger partial charge in [0.2, 0.25) is 0 Å². The van der Waals surface area contributed by atoms with E-state index in [4.69, 9.17) is 16.3 Å². The lowest BCUT2D eigenvalue weighted by Gasteiger charge is -1.82. The zero-order valence-electron chi connectivity index (χ0n) is 5.35. The number of halogens is 1. The number of nitrogens with zero attached hydrogens (tertiary/aromatic N) is 2. The molecule has 0 amide bonds. The maximum atomic E-state index is 8.54. The quantitative estimate of drug-likeness (QED) is 0.673. The van der Waals surface area contributed by atoms with Crippen molar-refractivity contribution in [3.63, 3.8) is 0 Å². The maximum Gasteiger partial charge on any atom is 0.121 e. The molecule has 0 aromatic carbocycles. The zero-order chi connectivity index (χ0) is 8.43. The van der Waals surface area contributed by atoms with E-state index in [0.717, 1.165) is 0 Å². The molecule has 0 atom stereocenters. The third kappa shape index (κ3) is 1.06. The van der Waals surface area contributed by atoms with Gasteiger partial charge in [0, 0.05) is 0 Å². The van der Waals surface area contributed by atoms with Crippen molar-refractivity contribution in [3.05, 3.63) is 15.7 Å². The molecule has 0 bridgehead atoms. The van der Waals surface area contributed by atoms with E-state index in [2.05, 4.69) is 20.9 Å². The van der Waals surface area contributed by atoms with Gasteiger partial charge in [-0.1, -0.05) is 0 Å². The molecule has 1 heterocycles. The third-order valence-corrected chi connectivity index (χ3v) is 1.80. The summed E-state index contributed by atoms with van der Waals surface area (Å²) in [6.45, 7) is 0. The Bertz CT molecular complexity index is 331. The average molecular weight is 211 g/mol. The lowest BCUT2D eigenvalue weighted by atomic mass is 10.2. The number of nitriles is 2. The van der Waals surface area contributed by atoms with Gasteiger partial charge in [-0.3, -0.25) is 0 Å². The average Bonchev–Trinajstić information content (AvgIpc) is 2.24. The molecule has 0 radical (unpaired) electrons. The SMILES string of the molecule is N#Cc1c(N)[nH]c(Br)c1C#N. The van der Waals surface area contributed by atoms with Crippen LogP contribution in [0.15, 0.2) is 4.60 Å². The van der Waals surface area contributed by atoms with Crippen molar-refractivity contribution in [3.8, 4) is 12.1 Å². The summed E-state index contributed by atoms with van der Waals surface area (Å²) in [6, 6.07) is 3.68. The topological polar surface area (TPSA) is 89.4 Å². The lowest BCUT2D eigenvalue weighted by molar-refractivity contribution is 1.35. The van der Waals surface area contributed by atoms with Crippen molar-refractivity contribution in [2.75, 3.05) is 5.73 Å². The first-order chi connectivity index (χ1) is 5.20. The molecule has 0 saturated carbocycles. The van der Waals surface area contributed by atoms with Crippen LogP contribution in [0.1, 0.15) is 11.1 Å². The number of hydrogen-bond acceptors (Lipinski definition) is 3. The van der Waals surface area contributed by atoms with Gasteiger partial charge in [-0.15, -0.1) is 0 Å². The second-order valence-corrected chi connectivity index (χ2v) is 2.62. The standard InChI is InChI=1S/C6H3BrN4/c7-5-3(1-8)4(2-9)6(10)11-5/h11H,10H2. The van der Waals surface area contributed by atoms with Crippen molar-refractivity contribution >= 4 is 21.7 Å². The number of aromatic nitrogens is 1. The summed E-state index contributed by atoms with van der Waals surface area (Å²) < 4.78 is 0.453. The predicted octanol–water partition coefficient (Wildman–Crippen LogP) is 1.10. The fourth-order valence-electron chi connectivity index (χ4n) is 0.709. The molecule has 1 aromatic rings. The van der Waals surface area contributed by atoms with Gasteiger partial charge in [-0.25, -0.2) is 0 Å². The molecule has 54 valence electrons. The lowest BCUT2D eigenvalue weighted by Crippen LogP contribution is -1.87. The number of H-pyrrole nitrogens is 1. The van der Waals surface area contributed by atoms with Gasteiger partial charge in [0.1, 0.15) is 33.7 Å². The Morgan fingerprint density at radius 2 is 1.82 bits per heavy atom. The van der Waals surface area contributed by atoms with Crippen molar-refractivity contribution in [1.82, 2.24) is 4.98 Å². The predicted molar refractivity (Wildman–Crippen MR) is 42.3 cm³/mol. The first-order valence-corrected chi connectivity index (χ1v) is 3.47. The van der Waals surface area contributed by atoms with Crippen LogP contribution in [0.4, 0.5) is 5.82 Å². The fourth-order valence-corrected chi connectivity index (χ4v) is 1.21. The normalized spacial score (nSPS) is 8.64. The molecule has 4 nitrogen and oxygen atoms in total. The number of nitrogens with one attached hydrogen (secondary N) is 1. The van der Waals surface area contributed by atoms with Crippen molar-refractivity contribution < 1.29 is 0 Å². The minimum atomic E-state index is 0.194. The summed E-state index contributed by atoms with van der Waals surface area (Å²) in [5.41, 5.74) is 5.82. The molecule has 11 heavy (non-hydrogen) atoms. The van der Waals surface area contributed by atoms with Gasteiger partial charge in [0.15, 0.2) is 0 Å². The molecule has 1 aromatic heterocycles. The summed E-state index contributed by atoms with van der Waals surface area (Å²) >= 11 is 3.06. The van der Waals surface area contributed by atoms with Gasteiger partial charge in [-0.2, -0.15) is 10.5 Å². The molecule has 3 N–H and O–H groups in total. The monoisotopic (exact) mass is 210 g/mol. The van der Waals surface area contributed by atoms with E-state index in [1.807, 2.05) is 12.1 Å². The summed E-state index contributed by atoms with van der Waals surface area (Å²) in [5.74, 6) is 0.218. The Kier molecular flexibility index (Phi) is 1.84. The van der Waals surface area contributed by atoms with Crippen molar-refractivity contribution in [2.24, 2.45) is 0 Å². The van der Waals surface area contributed by atoms with Crippen LogP contribution in [0.5, 0.6) is 0 Å². The van der Waals surface area contributed by atoms with E-state index in [-0.39, 0.29) is 16.9 Å². The Balaban J connectivity index is 3.47. The molecule has 1 rings (SSSR count). The van der Waals surface area contributed by atoms with Gasteiger partial charge < -0.3 is 10.7 Å². The Labute approximate surface area is 71.4 Å². The molecule has 0 spiro atoms. The van der Waals surface area contributed by atoms with Gasteiger partial charge in [0.05, 0.1) is 0 Å². The van der Waals surface area contributed by atoms with Crippen LogP contribution in [-0.4, -0.2) is 4.98 Å². The number of aromatic amines is 1. The second kappa shape index (κ2) is 2.65. The highest BCUT2D eigenvalue weighted by atomic mass is 79.9. The first-order valence-electron chi connectivity index (χ1n) is 2.67. The molecule has 0 aliphatic heterocycles. The highest BCUT2D eigenvalue weighted by Crippen LogP contribution is 2.23. The highest BCUT2D eigenvalue weighted by Gasteiger charge is 2.12. The van der Waals surface area contributed by atoms with Crippen LogP contribution >= 0.6 is 15.9 Å². The van der Waals surface area contributed by atoms with Crippen molar-refractivity contribution in [2.45, 2.75) is 0 Å². The number of rotatable bonds is 0. The van der Waals surface area contributed by atoms with Crippen LogP contribution in [0, 0.1) is 22.7 Å². The third-order valence-electron chi connectivity index (χ3n) is 1.21. The summed E-state index contributed by atoms with van der Waals surface area (Å²) in [6.07, 6.45) is 0.